The maximum atomic E-state index is 11.9. The first kappa shape index (κ1) is 15.1. The van der Waals surface area contributed by atoms with Crippen molar-refractivity contribution >= 4 is 33.2 Å². The number of amides is 1. The molecule has 1 heterocycles. The van der Waals surface area contributed by atoms with Crippen molar-refractivity contribution < 1.29 is 14.3 Å². The van der Waals surface area contributed by atoms with Gasteiger partial charge in [-0.1, -0.05) is 0 Å². The van der Waals surface area contributed by atoms with Gasteiger partial charge in [-0.25, -0.2) is 0 Å². The van der Waals surface area contributed by atoms with E-state index in [1.165, 1.54) is 13.3 Å². The number of nitrogens with one attached hydrogen (secondary N) is 1. The molecule has 0 saturated heterocycles. The van der Waals surface area contributed by atoms with Gasteiger partial charge in [0.15, 0.2) is 6.61 Å². The number of ether oxygens (including phenoxy) is 2. The molecule has 6 nitrogen and oxygen atoms in total. The van der Waals surface area contributed by atoms with Crippen LogP contribution in [0.3, 0.4) is 0 Å². The van der Waals surface area contributed by atoms with Crippen LogP contribution >= 0.6 is 15.9 Å². The Hall–Kier alpha value is -2.28. The number of nitrogens with zero attached hydrogens (tertiary/aromatic N) is 1. The fourth-order valence-electron chi connectivity index (χ4n) is 1.62. The Kier molecular flexibility index (Phi) is 4.99. The van der Waals surface area contributed by atoms with Gasteiger partial charge in [0, 0.05) is 22.4 Å². The molecule has 110 valence electrons. The molecule has 0 spiro atoms. The Morgan fingerprint density at radius 1 is 1.38 bits per heavy atom. The molecule has 7 heteroatoms. The summed E-state index contributed by atoms with van der Waals surface area (Å²) in [6, 6.07) is 6.71. The molecule has 1 aromatic heterocycles. The van der Waals surface area contributed by atoms with Crippen molar-refractivity contribution in [1.82, 2.24) is 4.98 Å². The minimum atomic E-state index is -0.307. The summed E-state index contributed by atoms with van der Waals surface area (Å²) in [5.41, 5.74) is 6.75. The van der Waals surface area contributed by atoms with Crippen molar-refractivity contribution in [3.63, 3.8) is 0 Å². The largest absolute Gasteiger partial charge is 0.494 e. The fraction of sp³-hybridized carbons (Fsp3) is 0.143. The average Bonchev–Trinajstić information content (AvgIpc) is 2.47. The van der Waals surface area contributed by atoms with Gasteiger partial charge in [-0.2, -0.15) is 0 Å². The second-order valence-corrected chi connectivity index (χ2v) is 5.05. The number of aromatic nitrogens is 1. The average molecular weight is 352 g/mol. The predicted molar refractivity (Wildman–Crippen MR) is 83.5 cm³/mol. The van der Waals surface area contributed by atoms with Gasteiger partial charge in [-0.15, -0.1) is 0 Å². The first-order valence-corrected chi connectivity index (χ1v) is 6.84. The summed E-state index contributed by atoms with van der Waals surface area (Å²) in [4.78, 5) is 15.8. The number of benzene rings is 1. The van der Waals surface area contributed by atoms with Gasteiger partial charge in [-0.3, -0.25) is 9.78 Å². The van der Waals surface area contributed by atoms with Gasteiger partial charge in [0.2, 0.25) is 0 Å². The maximum Gasteiger partial charge on any atom is 0.262 e. The van der Waals surface area contributed by atoms with E-state index in [4.69, 9.17) is 15.2 Å². The molecule has 0 fully saturated rings. The Morgan fingerprint density at radius 2 is 2.19 bits per heavy atom. The third-order valence-electron chi connectivity index (χ3n) is 2.55. The van der Waals surface area contributed by atoms with Crippen molar-refractivity contribution in [2.45, 2.75) is 0 Å². The summed E-state index contributed by atoms with van der Waals surface area (Å²) in [6.07, 6.45) is 3.16. The van der Waals surface area contributed by atoms with E-state index in [1.807, 2.05) is 0 Å². The Morgan fingerprint density at radius 3 is 2.90 bits per heavy atom. The highest BCUT2D eigenvalue weighted by molar-refractivity contribution is 9.10. The monoisotopic (exact) mass is 351 g/mol. The van der Waals surface area contributed by atoms with E-state index >= 15 is 0 Å². The van der Waals surface area contributed by atoms with E-state index in [9.17, 15) is 4.79 Å². The number of nitrogen functional groups attached to an aromatic ring is 1. The zero-order valence-electron chi connectivity index (χ0n) is 11.3. The number of hydrogen-bond acceptors (Lipinski definition) is 5. The van der Waals surface area contributed by atoms with E-state index in [-0.39, 0.29) is 12.5 Å². The summed E-state index contributed by atoms with van der Waals surface area (Å²) >= 11 is 3.28. The number of methoxy groups -OCH3 is 1. The van der Waals surface area contributed by atoms with Gasteiger partial charge in [0.25, 0.3) is 5.91 Å². The Balaban J connectivity index is 1.96. The highest BCUT2D eigenvalue weighted by atomic mass is 79.9. The van der Waals surface area contributed by atoms with Crippen LogP contribution in [0.4, 0.5) is 11.4 Å². The van der Waals surface area contributed by atoms with Crippen LogP contribution in [0, 0.1) is 0 Å². The van der Waals surface area contributed by atoms with Crippen molar-refractivity contribution in [3.8, 4) is 11.5 Å². The second-order valence-electron chi connectivity index (χ2n) is 4.14. The summed E-state index contributed by atoms with van der Waals surface area (Å²) in [5, 5.41) is 2.70. The summed E-state index contributed by atoms with van der Waals surface area (Å²) in [5.74, 6) is 0.689. The second kappa shape index (κ2) is 6.94. The van der Waals surface area contributed by atoms with Crippen LogP contribution in [0.15, 0.2) is 41.1 Å². The lowest BCUT2D eigenvalue weighted by Crippen LogP contribution is -2.20. The molecule has 3 N–H and O–H groups in total. The van der Waals surface area contributed by atoms with Crippen LogP contribution in [-0.4, -0.2) is 24.6 Å². The van der Waals surface area contributed by atoms with Gasteiger partial charge in [0.05, 0.1) is 19.0 Å². The lowest BCUT2D eigenvalue weighted by molar-refractivity contribution is -0.118. The summed E-state index contributed by atoms with van der Waals surface area (Å²) < 4.78 is 11.3. The van der Waals surface area contributed by atoms with Crippen LogP contribution in [0.1, 0.15) is 0 Å². The number of rotatable bonds is 5. The van der Waals surface area contributed by atoms with Gasteiger partial charge in [0.1, 0.15) is 11.5 Å². The normalized spacial score (nSPS) is 10.0. The first-order valence-electron chi connectivity index (χ1n) is 6.05. The standard InChI is InChI=1S/C14H14BrN3O3/c1-20-13-5-10(16)2-3-12(13)18-14(19)8-21-11-4-9(15)6-17-7-11/h2-7H,8,16H2,1H3,(H,18,19). The molecule has 0 saturated carbocycles. The van der Waals surface area contributed by atoms with E-state index in [1.54, 1.807) is 30.5 Å². The van der Waals surface area contributed by atoms with Crippen molar-refractivity contribution in [2.24, 2.45) is 0 Å². The molecule has 0 aliphatic rings. The third kappa shape index (κ3) is 4.35. The minimum Gasteiger partial charge on any atom is -0.494 e. The molecular formula is C14H14BrN3O3. The Bertz CT molecular complexity index is 649. The summed E-state index contributed by atoms with van der Waals surface area (Å²) in [6.45, 7) is -0.133. The van der Waals surface area contributed by atoms with Crippen molar-refractivity contribution in [3.05, 3.63) is 41.1 Å². The van der Waals surface area contributed by atoms with E-state index in [0.717, 1.165) is 4.47 Å². The quantitative estimate of drug-likeness (QED) is 0.808. The number of nitrogens with two attached hydrogens (primary N) is 1. The minimum absolute atomic E-state index is 0.133. The highest BCUT2D eigenvalue weighted by Crippen LogP contribution is 2.26. The molecular weight excluding hydrogens is 338 g/mol. The van der Waals surface area contributed by atoms with Crippen molar-refractivity contribution in [1.29, 1.82) is 0 Å². The SMILES string of the molecule is COc1cc(N)ccc1NC(=O)COc1cncc(Br)c1. The maximum absolute atomic E-state index is 11.9. The van der Waals surface area contributed by atoms with Crippen LogP contribution in [0.5, 0.6) is 11.5 Å². The lowest BCUT2D eigenvalue weighted by Gasteiger charge is -2.11. The number of halogens is 1. The molecule has 0 aliphatic heterocycles. The lowest BCUT2D eigenvalue weighted by atomic mass is 10.2. The molecule has 1 amide bonds. The van der Waals surface area contributed by atoms with Gasteiger partial charge >= 0.3 is 0 Å². The third-order valence-corrected chi connectivity index (χ3v) is 2.98. The molecule has 0 radical (unpaired) electrons. The smallest absolute Gasteiger partial charge is 0.262 e. The number of carbonyl (C=O) groups is 1. The van der Waals surface area contributed by atoms with Crippen LogP contribution in [0.2, 0.25) is 0 Å². The first-order chi connectivity index (χ1) is 10.1. The van der Waals surface area contributed by atoms with Gasteiger partial charge in [-0.05, 0) is 34.1 Å². The number of pyridine rings is 1. The molecule has 0 unspecified atom stereocenters. The molecule has 2 rings (SSSR count). The van der Waals surface area contributed by atoms with Gasteiger partial charge < -0.3 is 20.5 Å². The van der Waals surface area contributed by atoms with Crippen LogP contribution in [0.25, 0.3) is 0 Å². The molecule has 1 aromatic carbocycles. The molecule has 0 bridgehead atoms. The van der Waals surface area contributed by atoms with E-state index in [2.05, 4.69) is 26.2 Å². The molecule has 2 aromatic rings. The van der Waals surface area contributed by atoms with Crippen LogP contribution < -0.4 is 20.5 Å². The molecule has 21 heavy (non-hydrogen) atoms. The van der Waals surface area contributed by atoms with Crippen molar-refractivity contribution in [2.75, 3.05) is 24.8 Å². The van der Waals surface area contributed by atoms with E-state index in [0.29, 0.717) is 22.9 Å². The van der Waals surface area contributed by atoms with Crippen LogP contribution in [-0.2, 0) is 4.79 Å². The highest BCUT2D eigenvalue weighted by Gasteiger charge is 2.09. The van der Waals surface area contributed by atoms with E-state index < -0.39 is 0 Å². The molecule has 0 aliphatic carbocycles. The Labute approximate surface area is 130 Å². The summed E-state index contributed by atoms with van der Waals surface area (Å²) in [7, 11) is 1.51. The fourth-order valence-corrected chi connectivity index (χ4v) is 1.96. The zero-order chi connectivity index (χ0) is 15.2. The zero-order valence-corrected chi connectivity index (χ0v) is 12.9. The predicted octanol–water partition coefficient (Wildman–Crippen LogP) is 2.45. The number of hydrogen-bond donors (Lipinski definition) is 2. The number of carbonyl (C=O) groups excluding carboxylic acids is 1. The number of anilines is 2. The molecule has 0 atom stereocenters. The topological polar surface area (TPSA) is 86.5 Å².